The third-order valence-electron chi connectivity index (χ3n) is 5.18. The molecule has 0 radical (unpaired) electrons. The first-order valence-electron chi connectivity index (χ1n) is 8.98. The van der Waals surface area contributed by atoms with Gasteiger partial charge in [-0.25, -0.2) is 9.97 Å². The molecule has 2 aromatic rings. The number of aryl methyl sites for hydroxylation is 2. The summed E-state index contributed by atoms with van der Waals surface area (Å²) >= 11 is 0. The molecule has 4 heterocycles. The molecule has 0 N–H and O–H groups in total. The van der Waals surface area contributed by atoms with Crippen molar-refractivity contribution in [2.24, 2.45) is 5.92 Å². The topological polar surface area (TPSA) is 58.6 Å². The number of aromatic nitrogens is 2. The van der Waals surface area contributed by atoms with E-state index in [4.69, 9.17) is 9.72 Å². The van der Waals surface area contributed by atoms with Gasteiger partial charge in [0.25, 0.3) is 0 Å². The number of hydrogen-bond acceptors (Lipinski definition) is 5. The lowest BCUT2D eigenvalue weighted by molar-refractivity contribution is -0.138. The van der Waals surface area contributed by atoms with Gasteiger partial charge in [0.1, 0.15) is 5.82 Å². The third-order valence-corrected chi connectivity index (χ3v) is 5.18. The maximum absolute atomic E-state index is 12.7. The normalized spacial score (nSPS) is 21.1. The van der Waals surface area contributed by atoms with Crippen molar-refractivity contribution in [3.8, 4) is 0 Å². The highest BCUT2D eigenvalue weighted by Crippen LogP contribution is 2.26. The zero-order valence-electron chi connectivity index (χ0n) is 14.9. The number of nitrogens with zero attached hydrogens (tertiary/aromatic N) is 4. The molecule has 6 heteroatoms. The molecule has 1 amide bonds. The van der Waals surface area contributed by atoms with Crippen LogP contribution in [0.5, 0.6) is 0 Å². The van der Waals surface area contributed by atoms with E-state index in [2.05, 4.69) is 28.9 Å². The lowest BCUT2D eigenvalue weighted by atomic mass is 10.1. The number of pyridine rings is 2. The van der Waals surface area contributed by atoms with E-state index in [9.17, 15) is 4.79 Å². The highest BCUT2D eigenvalue weighted by atomic mass is 16.5. The zero-order valence-corrected chi connectivity index (χ0v) is 14.9. The Kier molecular flexibility index (Phi) is 4.29. The summed E-state index contributed by atoms with van der Waals surface area (Å²) in [6, 6.07) is 6.22. The third kappa shape index (κ3) is 3.18. The molecule has 2 aliphatic heterocycles. The Morgan fingerprint density at radius 2 is 1.96 bits per heavy atom. The van der Waals surface area contributed by atoms with Crippen molar-refractivity contribution in [3.05, 3.63) is 29.5 Å². The van der Waals surface area contributed by atoms with E-state index in [1.807, 2.05) is 17.9 Å². The van der Waals surface area contributed by atoms with Gasteiger partial charge in [0, 0.05) is 37.3 Å². The molecule has 2 fully saturated rings. The molecule has 132 valence electrons. The second kappa shape index (κ2) is 6.59. The number of rotatable bonds is 2. The second-order valence-electron chi connectivity index (χ2n) is 6.99. The minimum Gasteiger partial charge on any atom is -0.378 e. The molecule has 1 atom stereocenters. The van der Waals surface area contributed by atoms with Crippen LogP contribution in [-0.2, 0) is 9.53 Å². The monoisotopic (exact) mass is 340 g/mol. The largest absolute Gasteiger partial charge is 0.378 e. The van der Waals surface area contributed by atoms with Gasteiger partial charge in [0.05, 0.1) is 19.1 Å². The van der Waals surface area contributed by atoms with Gasteiger partial charge in [-0.05, 0) is 44.0 Å². The molecule has 1 unspecified atom stereocenters. The summed E-state index contributed by atoms with van der Waals surface area (Å²) in [7, 11) is 0. The van der Waals surface area contributed by atoms with Gasteiger partial charge in [0.15, 0.2) is 5.65 Å². The number of fused-ring (bicyclic) bond motifs is 1. The molecule has 0 aromatic carbocycles. The van der Waals surface area contributed by atoms with Crippen LogP contribution in [-0.4, -0.2) is 60.2 Å². The summed E-state index contributed by atoms with van der Waals surface area (Å²) in [5, 5.41) is 1.09. The van der Waals surface area contributed by atoms with Crippen molar-refractivity contribution >= 4 is 22.8 Å². The summed E-state index contributed by atoms with van der Waals surface area (Å²) in [6.45, 7) is 8.41. The quantitative estimate of drug-likeness (QED) is 0.836. The van der Waals surface area contributed by atoms with Gasteiger partial charge < -0.3 is 14.5 Å². The van der Waals surface area contributed by atoms with E-state index in [-0.39, 0.29) is 11.8 Å². The lowest BCUT2D eigenvalue weighted by Crippen LogP contribution is -2.44. The predicted octanol–water partition coefficient (Wildman–Crippen LogP) is 1.93. The van der Waals surface area contributed by atoms with Crippen LogP contribution in [0.2, 0.25) is 0 Å². The van der Waals surface area contributed by atoms with Gasteiger partial charge in [-0.2, -0.15) is 0 Å². The fraction of sp³-hybridized carbons (Fsp3) is 0.526. The Hall–Kier alpha value is -2.21. The summed E-state index contributed by atoms with van der Waals surface area (Å²) in [6.07, 6.45) is 0.885. The molecule has 0 saturated carbocycles. The molecule has 2 saturated heterocycles. The maximum atomic E-state index is 12.7. The number of carbonyl (C=O) groups is 1. The van der Waals surface area contributed by atoms with Gasteiger partial charge >= 0.3 is 0 Å². The van der Waals surface area contributed by atoms with Gasteiger partial charge in [-0.1, -0.05) is 0 Å². The van der Waals surface area contributed by atoms with E-state index >= 15 is 0 Å². The lowest BCUT2D eigenvalue weighted by Gasteiger charge is -2.29. The van der Waals surface area contributed by atoms with Crippen LogP contribution in [0.25, 0.3) is 11.0 Å². The van der Waals surface area contributed by atoms with Crippen LogP contribution in [0.3, 0.4) is 0 Å². The molecule has 2 aliphatic rings. The summed E-state index contributed by atoms with van der Waals surface area (Å²) in [4.78, 5) is 26.2. The molecular formula is C19H24N4O2. The highest BCUT2D eigenvalue weighted by molar-refractivity contribution is 5.82. The molecular weight excluding hydrogens is 316 g/mol. The molecule has 0 bridgehead atoms. The smallest absolute Gasteiger partial charge is 0.227 e. The van der Waals surface area contributed by atoms with Crippen molar-refractivity contribution in [2.45, 2.75) is 20.3 Å². The minimum atomic E-state index is 0.0581. The van der Waals surface area contributed by atoms with Gasteiger partial charge in [0.2, 0.25) is 5.91 Å². The van der Waals surface area contributed by atoms with E-state index in [1.165, 1.54) is 5.56 Å². The van der Waals surface area contributed by atoms with Crippen LogP contribution < -0.4 is 4.90 Å². The van der Waals surface area contributed by atoms with Crippen molar-refractivity contribution in [1.82, 2.24) is 14.9 Å². The molecule has 0 spiro atoms. The first-order chi connectivity index (χ1) is 12.1. The van der Waals surface area contributed by atoms with Crippen molar-refractivity contribution in [1.29, 1.82) is 0 Å². The number of ether oxygens (including phenoxy) is 1. The number of amides is 1. The zero-order chi connectivity index (χ0) is 17.4. The van der Waals surface area contributed by atoms with Crippen molar-refractivity contribution < 1.29 is 9.53 Å². The van der Waals surface area contributed by atoms with Gasteiger partial charge in [-0.3, -0.25) is 4.79 Å². The standard InChI is InChI=1S/C19H24N4O2/c1-13-11-14(2)20-18-16(13)3-4-17(21-18)23-6-5-15(12-23)19(24)22-7-9-25-10-8-22/h3-4,11,15H,5-10,12H2,1-2H3. The SMILES string of the molecule is Cc1cc(C)c2ccc(N3CCC(C(=O)N4CCOCC4)C3)nc2n1. The molecule has 25 heavy (non-hydrogen) atoms. The average Bonchev–Trinajstić information content (AvgIpc) is 3.11. The number of carbonyl (C=O) groups excluding carboxylic acids is 1. The molecule has 2 aromatic heterocycles. The molecule has 0 aliphatic carbocycles. The van der Waals surface area contributed by atoms with E-state index in [1.54, 1.807) is 0 Å². The van der Waals surface area contributed by atoms with Crippen molar-refractivity contribution in [2.75, 3.05) is 44.3 Å². The first kappa shape index (κ1) is 16.3. The van der Waals surface area contributed by atoms with Gasteiger partial charge in [-0.15, -0.1) is 0 Å². The number of morpholine rings is 1. The molecule has 4 rings (SSSR count). The van der Waals surface area contributed by atoms with Crippen molar-refractivity contribution in [3.63, 3.8) is 0 Å². The van der Waals surface area contributed by atoms with Crippen LogP contribution in [0.1, 0.15) is 17.7 Å². The van der Waals surface area contributed by atoms with E-state index in [0.29, 0.717) is 26.3 Å². The average molecular weight is 340 g/mol. The number of anilines is 1. The predicted molar refractivity (Wildman–Crippen MR) is 96.7 cm³/mol. The highest BCUT2D eigenvalue weighted by Gasteiger charge is 2.32. The van der Waals surface area contributed by atoms with Crippen LogP contribution in [0.15, 0.2) is 18.2 Å². The van der Waals surface area contributed by atoms with E-state index < -0.39 is 0 Å². The Balaban J connectivity index is 1.51. The second-order valence-corrected chi connectivity index (χ2v) is 6.99. The fourth-order valence-electron chi connectivity index (χ4n) is 3.81. The Bertz CT molecular complexity index is 801. The summed E-state index contributed by atoms with van der Waals surface area (Å²) in [5.41, 5.74) is 2.97. The number of hydrogen-bond donors (Lipinski definition) is 0. The summed E-state index contributed by atoms with van der Waals surface area (Å²) < 4.78 is 5.34. The Labute approximate surface area is 147 Å². The maximum Gasteiger partial charge on any atom is 0.227 e. The minimum absolute atomic E-state index is 0.0581. The van der Waals surface area contributed by atoms with Crippen LogP contribution >= 0.6 is 0 Å². The first-order valence-corrected chi connectivity index (χ1v) is 8.98. The van der Waals surface area contributed by atoms with Crippen LogP contribution in [0.4, 0.5) is 5.82 Å². The molecule has 6 nitrogen and oxygen atoms in total. The Morgan fingerprint density at radius 3 is 2.76 bits per heavy atom. The van der Waals surface area contributed by atoms with E-state index in [0.717, 1.165) is 42.1 Å². The summed E-state index contributed by atoms with van der Waals surface area (Å²) in [5.74, 6) is 1.24. The fourth-order valence-corrected chi connectivity index (χ4v) is 3.81. The Morgan fingerprint density at radius 1 is 1.16 bits per heavy atom. The van der Waals surface area contributed by atoms with Crippen LogP contribution in [0, 0.1) is 19.8 Å².